The number of thiocarbonyl (C=S) groups is 1. The first-order valence-corrected chi connectivity index (χ1v) is 10.0. The quantitative estimate of drug-likeness (QED) is 0.466. The van der Waals surface area contributed by atoms with Crippen LogP contribution in [0.4, 0.5) is 5.69 Å². The van der Waals surface area contributed by atoms with Gasteiger partial charge in [0.25, 0.3) is 0 Å². The number of anilines is 1. The highest BCUT2D eigenvalue weighted by molar-refractivity contribution is 7.80. The van der Waals surface area contributed by atoms with Crippen LogP contribution in [0.1, 0.15) is 58.3 Å². The molecule has 0 bridgehead atoms. The molecule has 26 heavy (non-hydrogen) atoms. The van der Waals surface area contributed by atoms with Crippen molar-refractivity contribution in [2.24, 2.45) is 0 Å². The van der Waals surface area contributed by atoms with Gasteiger partial charge in [-0.15, -0.1) is 0 Å². The molecule has 0 aliphatic carbocycles. The number of rotatable bonds is 10. The van der Waals surface area contributed by atoms with E-state index in [4.69, 9.17) is 21.7 Å². The van der Waals surface area contributed by atoms with Gasteiger partial charge in [0.2, 0.25) is 5.91 Å². The summed E-state index contributed by atoms with van der Waals surface area (Å²) in [6.07, 6.45) is 8.37. The summed E-state index contributed by atoms with van der Waals surface area (Å²) < 4.78 is 11.5. The number of unbranched alkanes of at least 4 members (excludes halogenated alkanes) is 4. The Morgan fingerprint density at radius 3 is 2.85 bits per heavy atom. The first kappa shape index (κ1) is 20.6. The zero-order valence-corrected chi connectivity index (χ0v) is 16.4. The van der Waals surface area contributed by atoms with Crippen LogP contribution in [0.5, 0.6) is 5.75 Å². The van der Waals surface area contributed by atoms with E-state index < -0.39 is 0 Å². The number of carbonyl (C=O) groups excluding carboxylic acids is 1. The van der Waals surface area contributed by atoms with Crippen LogP contribution < -0.4 is 15.4 Å². The molecule has 0 radical (unpaired) electrons. The number of nitrogens with one attached hydrogen (secondary N) is 2. The fraction of sp³-hybridized carbons (Fsp3) is 0.600. The second kappa shape index (κ2) is 11.9. The zero-order chi connectivity index (χ0) is 18.6. The third-order valence-corrected chi connectivity index (χ3v) is 4.55. The number of ether oxygens (including phenoxy) is 2. The Bertz CT molecular complexity index is 574. The molecular weight excluding hydrogens is 348 g/mol. The highest BCUT2D eigenvalue weighted by Crippen LogP contribution is 2.25. The fourth-order valence-corrected chi connectivity index (χ4v) is 3.11. The highest BCUT2D eigenvalue weighted by atomic mass is 32.1. The molecule has 1 heterocycles. The maximum Gasteiger partial charge on any atom is 0.226 e. The Hall–Kier alpha value is -1.66. The smallest absolute Gasteiger partial charge is 0.226 e. The van der Waals surface area contributed by atoms with Crippen molar-refractivity contribution < 1.29 is 14.3 Å². The van der Waals surface area contributed by atoms with E-state index >= 15 is 0 Å². The maximum absolute atomic E-state index is 12.0. The summed E-state index contributed by atoms with van der Waals surface area (Å²) in [7, 11) is 0. The molecule has 1 atom stereocenters. The van der Waals surface area contributed by atoms with E-state index in [0.717, 1.165) is 38.0 Å². The number of hydrogen-bond acceptors (Lipinski definition) is 4. The number of carbonyl (C=O) groups is 1. The molecule has 1 aliphatic heterocycles. The van der Waals surface area contributed by atoms with E-state index in [1.165, 1.54) is 19.3 Å². The molecule has 1 fully saturated rings. The van der Waals surface area contributed by atoms with Gasteiger partial charge in [0.15, 0.2) is 5.11 Å². The summed E-state index contributed by atoms with van der Waals surface area (Å²) >= 11 is 5.26. The third-order valence-electron chi connectivity index (χ3n) is 4.34. The molecule has 144 valence electrons. The molecule has 2 N–H and O–H groups in total. The molecule has 6 heteroatoms. The van der Waals surface area contributed by atoms with Gasteiger partial charge in [0, 0.05) is 13.0 Å². The lowest BCUT2D eigenvalue weighted by Crippen LogP contribution is -2.34. The topological polar surface area (TPSA) is 59.6 Å². The normalized spacial score (nSPS) is 16.3. The SMILES string of the molecule is CCCCCCCC(=O)NC(=S)Nc1ccccc1OCC1CCCO1. The van der Waals surface area contributed by atoms with Crippen LogP contribution in [-0.4, -0.2) is 30.3 Å². The Morgan fingerprint density at radius 2 is 2.08 bits per heavy atom. The van der Waals surface area contributed by atoms with E-state index in [9.17, 15) is 4.79 Å². The van der Waals surface area contributed by atoms with Crippen molar-refractivity contribution in [3.8, 4) is 5.75 Å². The number of para-hydroxylation sites is 2. The van der Waals surface area contributed by atoms with Crippen molar-refractivity contribution >= 4 is 28.9 Å². The van der Waals surface area contributed by atoms with Crippen LogP contribution in [0.15, 0.2) is 24.3 Å². The molecule has 1 aromatic carbocycles. The summed E-state index contributed by atoms with van der Waals surface area (Å²) in [5, 5.41) is 6.11. The third kappa shape index (κ3) is 7.70. The van der Waals surface area contributed by atoms with Crippen molar-refractivity contribution in [1.29, 1.82) is 0 Å². The lowest BCUT2D eigenvalue weighted by Gasteiger charge is -2.16. The minimum Gasteiger partial charge on any atom is -0.489 e. The molecule has 0 spiro atoms. The monoisotopic (exact) mass is 378 g/mol. The van der Waals surface area contributed by atoms with E-state index in [1.807, 2.05) is 24.3 Å². The molecule has 5 nitrogen and oxygen atoms in total. The average molecular weight is 379 g/mol. The molecule has 1 aromatic rings. The Balaban J connectivity index is 1.74. The second-order valence-corrected chi connectivity index (χ2v) is 7.02. The lowest BCUT2D eigenvalue weighted by atomic mass is 10.1. The van der Waals surface area contributed by atoms with E-state index in [0.29, 0.717) is 23.9 Å². The molecule has 0 aromatic heterocycles. The first-order valence-electron chi connectivity index (χ1n) is 9.63. The van der Waals surface area contributed by atoms with Crippen LogP contribution >= 0.6 is 12.2 Å². The van der Waals surface area contributed by atoms with Gasteiger partial charge in [-0.3, -0.25) is 4.79 Å². The van der Waals surface area contributed by atoms with Gasteiger partial charge in [0.1, 0.15) is 12.4 Å². The minimum absolute atomic E-state index is 0.0447. The molecule has 1 amide bonds. The van der Waals surface area contributed by atoms with E-state index in [1.54, 1.807) is 0 Å². The number of amides is 1. The molecule has 1 aliphatic rings. The minimum atomic E-state index is -0.0447. The van der Waals surface area contributed by atoms with Crippen LogP contribution in [0.3, 0.4) is 0 Å². The Morgan fingerprint density at radius 1 is 1.27 bits per heavy atom. The van der Waals surface area contributed by atoms with Gasteiger partial charge in [0.05, 0.1) is 11.8 Å². The number of benzene rings is 1. The summed E-state index contributed by atoms with van der Waals surface area (Å²) in [6.45, 7) is 3.51. The van der Waals surface area contributed by atoms with Crippen LogP contribution in [-0.2, 0) is 9.53 Å². The van der Waals surface area contributed by atoms with Gasteiger partial charge in [-0.25, -0.2) is 0 Å². The highest BCUT2D eigenvalue weighted by Gasteiger charge is 2.17. The van der Waals surface area contributed by atoms with Crippen molar-refractivity contribution in [2.45, 2.75) is 64.4 Å². The summed E-state index contributed by atoms with van der Waals surface area (Å²) in [5.41, 5.74) is 0.749. The van der Waals surface area contributed by atoms with Crippen molar-refractivity contribution in [3.63, 3.8) is 0 Å². The van der Waals surface area contributed by atoms with Gasteiger partial charge in [-0.1, -0.05) is 44.7 Å². The first-order chi connectivity index (χ1) is 12.7. The standard InChI is InChI=1S/C20H30N2O3S/c1-2-3-4-5-6-13-19(23)22-20(26)21-17-11-7-8-12-18(17)25-15-16-10-9-14-24-16/h7-8,11-12,16H,2-6,9-10,13-15H2,1H3,(H2,21,22,23,26). The Labute approximate surface area is 161 Å². The molecule has 1 saturated heterocycles. The van der Waals surface area contributed by atoms with Gasteiger partial charge in [-0.05, 0) is 43.6 Å². The average Bonchev–Trinajstić information content (AvgIpc) is 3.14. The van der Waals surface area contributed by atoms with Crippen molar-refractivity contribution in [3.05, 3.63) is 24.3 Å². The Kier molecular flexibility index (Phi) is 9.42. The zero-order valence-electron chi connectivity index (χ0n) is 15.6. The van der Waals surface area contributed by atoms with Gasteiger partial charge < -0.3 is 20.1 Å². The largest absolute Gasteiger partial charge is 0.489 e. The molecule has 1 unspecified atom stereocenters. The van der Waals surface area contributed by atoms with E-state index in [-0.39, 0.29) is 12.0 Å². The van der Waals surface area contributed by atoms with E-state index in [2.05, 4.69) is 17.6 Å². The van der Waals surface area contributed by atoms with Crippen molar-refractivity contribution in [2.75, 3.05) is 18.5 Å². The second-order valence-electron chi connectivity index (χ2n) is 6.61. The summed E-state index contributed by atoms with van der Waals surface area (Å²) in [6, 6.07) is 7.58. The summed E-state index contributed by atoms with van der Waals surface area (Å²) in [5.74, 6) is 0.663. The van der Waals surface area contributed by atoms with Gasteiger partial charge >= 0.3 is 0 Å². The van der Waals surface area contributed by atoms with Crippen LogP contribution in [0.25, 0.3) is 0 Å². The van der Waals surface area contributed by atoms with Crippen molar-refractivity contribution in [1.82, 2.24) is 5.32 Å². The summed E-state index contributed by atoms with van der Waals surface area (Å²) in [4.78, 5) is 12.0. The fourth-order valence-electron chi connectivity index (χ4n) is 2.89. The molecule has 2 rings (SSSR count). The maximum atomic E-state index is 12.0. The number of hydrogen-bond donors (Lipinski definition) is 2. The molecular formula is C20H30N2O3S. The van der Waals surface area contributed by atoms with Crippen LogP contribution in [0, 0.1) is 0 Å². The van der Waals surface area contributed by atoms with Gasteiger partial charge in [-0.2, -0.15) is 0 Å². The predicted octanol–water partition coefficient (Wildman–Crippen LogP) is 4.42. The molecule has 0 saturated carbocycles. The lowest BCUT2D eigenvalue weighted by molar-refractivity contribution is -0.119. The van der Waals surface area contributed by atoms with Crippen LogP contribution in [0.2, 0.25) is 0 Å². The predicted molar refractivity (Wildman–Crippen MR) is 109 cm³/mol.